The molecule has 4 rings (SSSR count). The predicted molar refractivity (Wildman–Crippen MR) is 125 cm³/mol. The first kappa shape index (κ1) is 22.7. The van der Waals surface area contributed by atoms with Crippen LogP contribution in [0.25, 0.3) is 0 Å². The van der Waals surface area contributed by atoms with Gasteiger partial charge in [0.05, 0.1) is 20.3 Å². The first-order valence-electron chi connectivity index (χ1n) is 11.5. The zero-order chi connectivity index (χ0) is 22.5. The van der Waals surface area contributed by atoms with Gasteiger partial charge in [0, 0.05) is 30.1 Å². The van der Waals surface area contributed by atoms with Gasteiger partial charge >= 0.3 is 0 Å². The van der Waals surface area contributed by atoms with Crippen molar-refractivity contribution < 1.29 is 19.3 Å². The van der Waals surface area contributed by atoms with Gasteiger partial charge in [-0.2, -0.15) is 0 Å². The Bertz CT molecular complexity index is 901. The Morgan fingerprint density at radius 2 is 1.75 bits per heavy atom. The summed E-state index contributed by atoms with van der Waals surface area (Å²) in [6.45, 7) is 6.00. The highest BCUT2D eigenvalue weighted by molar-refractivity contribution is 5.48. The minimum atomic E-state index is -0.0921. The Morgan fingerprint density at radius 1 is 0.969 bits per heavy atom. The number of hydrogen-bond donors (Lipinski definition) is 3. The Balaban J connectivity index is 1.47. The van der Waals surface area contributed by atoms with Crippen molar-refractivity contribution in [2.75, 3.05) is 40.5 Å². The van der Waals surface area contributed by atoms with Gasteiger partial charge in [0.1, 0.15) is 18.1 Å². The first-order chi connectivity index (χ1) is 15.6. The maximum atomic E-state index is 10.8. The molecule has 7 nitrogen and oxygen atoms in total. The second-order valence-electron chi connectivity index (χ2n) is 8.67. The SMILES string of the molecule is COc1ccc(C2C(C)NNC2c2ccc(OCCN3CCCCC3)cc2O)cc1OC. The number of phenolic OH excluding ortho intramolecular Hbond substituents is 1. The number of methoxy groups -OCH3 is 2. The van der Waals surface area contributed by atoms with Crippen molar-refractivity contribution in [3.05, 3.63) is 47.5 Å². The minimum Gasteiger partial charge on any atom is -0.507 e. The number of aromatic hydroxyl groups is 1. The summed E-state index contributed by atoms with van der Waals surface area (Å²) in [5.74, 6) is 2.44. The Hall–Kier alpha value is -2.48. The van der Waals surface area contributed by atoms with E-state index in [-0.39, 0.29) is 23.8 Å². The third-order valence-electron chi connectivity index (χ3n) is 6.62. The molecule has 0 radical (unpaired) electrons. The molecule has 7 heteroatoms. The van der Waals surface area contributed by atoms with Crippen LogP contribution >= 0.6 is 0 Å². The molecule has 2 aliphatic rings. The van der Waals surface area contributed by atoms with E-state index in [1.165, 1.54) is 19.3 Å². The van der Waals surface area contributed by atoms with Crippen molar-refractivity contribution in [1.29, 1.82) is 0 Å². The summed E-state index contributed by atoms with van der Waals surface area (Å²) in [5, 5.41) is 10.8. The number of likely N-dealkylation sites (tertiary alicyclic amines) is 1. The summed E-state index contributed by atoms with van der Waals surface area (Å²) in [5.41, 5.74) is 8.63. The highest BCUT2D eigenvalue weighted by Crippen LogP contribution is 2.43. The summed E-state index contributed by atoms with van der Waals surface area (Å²) in [7, 11) is 3.28. The molecule has 0 saturated carbocycles. The van der Waals surface area contributed by atoms with E-state index < -0.39 is 0 Å². The van der Waals surface area contributed by atoms with Crippen LogP contribution in [0.4, 0.5) is 0 Å². The van der Waals surface area contributed by atoms with Crippen LogP contribution in [0.2, 0.25) is 0 Å². The molecule has 2 aliphatic heterocycles. The van der Waals surface area contributed by atoms with E-state index in [9.17, 15) is 5.11 Å². The van der Waals surface area contributed by atoms with Gasteiger partial charge in [-0.25, -0.2) is 5.43 Å². The van der Waals surface area contributed by atoms with Gasteiger partial charge in [-0.15, -0.1) is 0 Å². The predicted octanol–water partition coefficient (Wildman–Crippen LogP) is 3.60. The van der Waals surface area contributed by atoms with E-state index in [0.717, 1.165) is 30.8 Å². The lowest BCUT2D eigenvalue weighted by molar-refractivity contribution is 0.183. The van der Waals surface area contributed by atoms with E-state index in [0.29, 0.717) is 23.9 Å². The molecule has 32 heavy (non-hydrogen) atoms. The molecule has 174 valence electrons. The van der Waals surface area contributed by atoms with Gasteiger partial charge in [-0.1, -0.05) is 18.6 Å². The van der Waals surface area contributed by atoms with Crippen molar-refractivity contribution in [1.82, 2.24) is 15.8 Å². The van der Waals surface area contributed by atoms with Crippen LogP contribution in [0.3, 0.4) is 0 Å². The van der Waals surface area contributed by atoms with E-state index in [1.807, 2.05) is 24.3 Å². The smallest absolute Gasteiger partial charge is 0.160 e. The maximum absolute atomic E-state index is 10.8. The fourth-order valence-electron chi connectivity index (χ4n) is 4.85. The van der Waals surface area contributed by atoms with Crippen LogP contribution in [-0.4, -0.2) is 56.5 Å². The molecule has 2 heterocycles. The number of nitrogens with one attached hydrogen (secondary N) is 2. The van der Waals surface area contributed by atoms with E-state index in [1.54, 1.807) is 20.3 Å². The number of piperidine rings is 1. The summed E-state index contributed by atoms with van der Waals surface area (Å²) in [6, 6.07) is 11.7. The minimum absolute atomic E-state index is 0.0921. The number of hydrazine groups is 1. The van der Waals surface area contributed by atoms with Crippen LogP contribution < -0.4 is 25.1 Å². The zero-order valence-electron chi connectivity index (χ0n) is 19.3. The summed E-state index contributed by atoms with van der Waals surface area (Å²) in [6.07, 6.45) is 3.88. The molecule has 0 bridgehead atoms. The van der Waals surface area contributed by atoms with Crippen molar-refractivity contribution in [3.8, 4) is 23.0 Å². The molecule has 3 N–H and O–H groups in total. The fraction of sp³-hybridized carbons (Fsp3) is 0.520. The second-order valence-corrected chi connectivity index (χ2v) is 8.67. The number of benzene rings is 2. The first-order valence-corrected chi connectivity index (χ1v) is 11.5. The average Bonchev–Trinajstić information content (AvgIpc) is 3.20. The van der Waals surface area contributed by atoms with Gasteiger partial charge in [-0.3, -0.25) is 10.3 Å². The molecule has 0 amide bonds. The van der Waals surface area contributed by atoms with Crippen LogP contribution in [0.1, 0.15) is 49.3 Å². The molecule has 0 aliphatic carbocycles. The van der Waals surface area contributed by atoms with Crippen LogP contribution in [0, 0.1) is 0 Å². The van der Waals surface area contributed by atoms with E-state index in [4.69, 9.17) is 14.2 Å². The Kier molecular flexibility index (Phi) is 7.40. The Morgan fingerprint density at radius 3 is 2.47 bits per heavy atom. The molecule has 2 aromatic rings. The number of rotatable bonds is 8. The molecule has 3 atom stereocenters. The largest absolute Gasteiger partial charge is 0.507 e. The van der Waals surface area contributed by atoms with Gasteiger partial charge in [0.15, 0.2) is 11.5 Å². The highest BCUT2D eigenvalue weighted by atomic mass is 16.5. The van der Waals surface area contributed by atoms with Crippen molar-refractivity contribution in [2.24, 2.45) is 0 Å². The number of nitrogens with zero attached hydrogens (tertiary/aromatic N) is 1. The average molecular weight is 442 g/mol. The van der Waals surface area contributed by atoms with E-state index in [2.05, 4.69) is 28.7 Å². The monoisotopic (exact) mass is 441 g/mol. The summed E-state index contributed by atoms with van der Waals surface area (Å²) >= 11 is 0. The van der Waals surface area contributed by atoms with Gasteiger partial charge in [0.2, 0.25) is 0 Å². The molecular formula is C25H35N3O4. The maximum Gasteiger partial charge on any atom is 0.160 e. The molecule has 0 aromatic heterocycles. The summed E-state index contributed by atoms with van der Waals surface area (Å²) in [4.78, 5) is 2.45. The van der Waals surface area contributed by atoms with Gasteiger partial charge in [0.25, 0.3) is 0 Å². The zero-order valence-corrected chi connectivity index (χ0v) is 19.3. The Labute approximate surface area is 190 Å². The van der Waals surface area contributed by atoms with Crippen molar-refractivity contribution in [3.63, 3.8) is 0 Å². The quantitative estimate of drug-likeness (QED) is 0.578. The fourth-order valence-corrected chi connectivity index (χ4v) is 4.85. The normalized spacial score (nSPS) is 23.8. The van der Waals surface area contributed by atoms with Gasteiger partial charge in [-0.05, 0) is 56.6 Å². The van der Waals surface area contributed by atoms with Crippen molar-refractivity contribution >= 4 is 0 Å². The lowest BCUT2D eigenvalue weighted by Gasteiger charge is -2.26. The topological polar surface area (TPSA) is 75.2 Å². The standard InChI is InChI=1S/C25H35N3O4/c1-17-24(18-7-10-22(30-2)23(15-18)31-3)25(27-26-17)20-9-8-19(16-21(20)29)32-14-13-28-11-5-4-6-12-28/h7-10,15-17,24-27,29H,4-6,11-14H2,1-3H3. The number of hydrogen-bond acceptors (Lipinski definition) is 7. The van der Waals surface area contributed by atoms with Crippen molar-refractivity contribution in [2.45, 2.75) is 44.2 Å². The number of phenols is 1. The molecular weight excluding hydrogens is 406 g/mol. The second kappa shape index (κ2) is 10.4. The molecule has 2 fully saturated rings. The third-order valence-corrected chi connectivity index (χ3v) is 6.62. The van der Waals surface area contributed by atoms with Crippen LogP contribution in [-0.2, 0) is 0 Å². The molecule has 3 unspecified atom stereocenters. The lowest BCUT2D eigenvalue weighted by Crippen LogP contribution is -2.33. The molecule has 2 saturated heterocycles. The number of ether oxygens (including phenoxy) is 3. The van der Waals surface area contributed by atoms with Gasteiger partial charge < -0.3 is 19.3 Å². The van der Waals surface area contributed by atoms with Crippen LogP contribution in [0.15, 0.2) is 36.4 Å². The third kappa shape index (κ3) is 4.95. The van der Waals surface area contributed by atoms with Crippen LogP contribution in [0.5, 0.6) is 23.0 Å². The summed E-state index contributed by atoms with van der Waals surface area (Å²) < 4.78 is 16.8. The highest BCUT2D eigenvalue weighted by Gasteiger charge is 2.37. The molecule has 2 aromatic carbocycles. The van der Waals surface area contributed by atoms with E-state index >= 15 is 0 Å². The molecule has 0 spiro atoms. The lowest BCUT2D eigenvalue weighted by atomic mass is 9.84.